The van der Waals surface area contributed by atoms with Crippen molar-refractivity contribution in [3.8, 4) is 0 Å². The maximum atomic E-state index is 5.27. The molecule has 0 fully saturated rings. The second-order valence-corrected chi connectivity index (χ2v) is 7.89. The Morgan fingerprint density at radius 2 is 1.96 bits per heavy atom. The smallest absolute Gasteiger partial charge is 0.191 e. The highest BCUT2D eigenvalue weighted by Crippen LogP contribution is 2.42. The van der Waals surface area contributed by atoms with Crippen LogP contribution in [0.25, 0.3) is 0 Å². The van der Waals surface area contributed by atoms with Gasteiger partial charge in [-0.15, -0.1) is 0 Å². The standard InChI is InChI=1S/C21H26N4S/c1-15-13-21(2,3)25(4)19-11-10-16(12-18(15)19)14-22-24-20(26)23-17-8-6-5-7-9-17/h5-12,14-15H,13H2,1-4H3,(H2,23,24,26)/b22-14-. The second kappa shape index (κ2) is 7.46. The van der Waals surface area contributed by atoms with Crippen LogP contribution in [-0.4, -0.2) is 23.9 Å². The first-order chi connectivity index (χ1) is 12.4. The predicted octanol–water partition coefficient (Wildman–Crippen LogP) is 4.73. The van der Waals surface area contributed by atoms with E-state index in [1.54, 1.807) is 0 Å². The molecule has 2 aromatic rings. The highest BCUT2D eigenvalue weighted by Gasteiger charge is 2.33. The Hall–Kier alpha value is -2.40. The molecule has 4 nitrogen and oxygen atoms in total. The van der Waals surface area contributed by atoms with E-state index in [4.69, 9.17) is 12.2 Å². The molecule has 0 spiro atoms. The summed E-state index contributed by atoms with van der Waals surface area (Å²) in [6, 6.07) is 16.3. The number of hydrazone groups is 1. The van der Waals surface area contributed by atoms with E-state index < -0.39 is 0 Å². The van der Waals surface area contributed by atoms with E-state index in [0.29, 0.717) is 11.0 Å². The van der Waals surface area contributed by atoms with Gasteiger partial charge >= 0.3 is 0 Å². The molecule has 1 atom stereocenters. The number of thiocarbonyl (C=S) groups is 1. The Labute approximate surface area is 161 Å². The van der Waals surface area contributed by atoms with Crippen molar-refractivity contribution in [2.75, 3.05) is 17.3 Å². The van der Waals surface area contributed by atoms with Gasteiger partial charge in [0.1, 0.15) is 0 Å². The fourth-order valence-electron chi connectivity index (χ4n) is 3.52. The Balaban J connectivity index is 1.67. The maximum Gasteiger partial charge on any atom is 0.191 e. The zero-order valence-corrected chi connectivity index (χ0v) is 16.6. The third kappa shape index (κ3) is 4.05. The summed E-state index contributed by atoms with van der Waals surface area (Å²) >= 11 is 5.27. The van der Waals surface area contributed by atoms with E-state index in [9.17, 15) is 0 Å². The van der Waals surface area contributed by atoms with E-state index >= 15 is 0 Å². The fraction of sp³-hybridized carbons (Fsp3) is 0.333. The topological polar surface area (TPSA) is 39.7 Å². The average molecular weight is 367 g/mol. The quantitative estimate of drug-likeness (QED) is 0.468. The summed E-state index contributed by atoms with van der Waals surface area (Å²) in [4.78, 5) is 2.38. The van der Waals surface area contributed by atoms with Crippen LogP contribution in [0, 0.1) is 0 Å². The highest BCUT2D eigenvalue weighted by molar-refractivity contribution is 7.80. The molecule has 1 heterocycles. The minimum atomic E-state index is 0.179. The molecule has 0 saturated heterocycles. The number of para-hydroxylation sites is 1. The number of nitrogens with zero attached hydrogens (tertiary/aromatic N) is 2. The fourth-order valence-corrected chi connectivity index (χ4v) is 3.69. The zero-order chi connectivity index (χ0) is 18.7. The maximum absolute atomic E-state index is 5.27. The van der Waals surface area contributed by atoms with Crippen LogP contribution in [-0.2, 0) is 0 Å². The Morgan fingerprint density at radius 1 is 1.23 bits per heavy atom. The summed E-state index contributed by atoms with van der Waals surface area (Å²) in [6.45, 7) is 6.89. The summed E-state index contributed by atoms with van der Waals surface area (Å²) in [5, 5.41) is 7.84. The monoisotopic (exact) mass is 366 g/mol. The summed E-state index contributed by atoms with van der Waals surface area (Å²) < 4.78 is 0. The number of nitrogens with one attached hydrogen (secondary N) is 2. The van der Waals surface area contributed by atoms with Crippen molar-refractivity contribution in [3.05, 3.63) is 59.7 Å². The van der Waals surface area contributed by atoms with E-state index in [1.807, 2.05) is 36.5 Å². The van der Waals surface area contributed by atoms with Crippen molar-refractivity contribution in [3.63, 3.8) is 0 Å². The molecule has 3 rings (SSSR count). The summed E-state index contributed by atoms with van der Waals surface area (Å²) in [6.07, 6.45) is 2.95. The first-order valence-corrected chi connectivity index (χ1v) is 9.30. The van der Waals surface area contributed by atoms with Crippen LogP contribution in [0.3, 0.4) is 0 Å². The van der Waals surface area contributed by atoms with Crippen LogP contribution in [0.5, 0.6) is 0 Å². The molecule has 2 N–H and O–H groups in total. The van der Waals surface area contributed by atoms with Gasteiger partial charge in [0.15, 0.2) is 5.11 Å². The predicted molar refractivity (Wildman–Crippen MR) is 115 cm³/mol. The first-order valence-electron chi connectivity index (χ1n) is 8.90. The van der Waals surface area contributed by atoms with Gasteiger partial charge in [-0.25, -0.2) is 0 Å². The number of fused-ring (bicyclic) bond motifs is 1. The summed E-state index contributed by atoms with van der Waals surface area (Å²) in [7, 11) is 2.17. The summed E-state index contributed by atoms with van der Waals surface area (Å²) in [5.41, 5.74) is 7.74. The van der Waals surface area contributed by atoms with Gasteiger partial charge in [-0.1, -0.05) is 31.2 Å². The molecule has 0 aromatic heterocycles. The van der Waals surface area contributed by atoms with Crippen molar-refractivity contribution >= 4 is 34.9 Å². The first kappa shape index (κ1) is 18.4. The third-order valence-electron chi connectivity index (χ3n) is 5.07. The number of benzene rings is 2. The molecule has 0 amide bonds. The van der Waals surface area contributed by atoms with E-state index in [0.717, 1.165) is 17.7 Å². The molecule has 1 unspecified atom stereocenters. The molecular formula is C21H26N4S. The van der Waals surface area contributed by atoms with Crippen molar-refractivity contribution in [1.29, 1.82) is 0 Å². The SMILES string of the molecule is CC1CC(C)(C)N(C)c2ccc(/C=N\NC(=S)Nc3ccccc3)cc21. The molecule has 1 aliphatic rings. The number of anilines is 2. The van der Waals surface area contributed by atoms with Gasteiger partial charge in [-0.2, -0.15) is 5.10 Å². The molecule has 136 valence electrons. The van der Waals surface area contributed by atoms with Crippen LogP contribution >= 0.6 is 12.2 Å². The van der Waals surface area contributed by atoms with Gasteiger partial charge in [0.25, 0.3) is 0 Å². The molecule has 0 radical (unpaired) electrons. The van der Waals surface area contributed by atoms with Gasteiger partial charge in [0, 0.05) is 24.0 Å². The molecular weight excluding hydrogens is 340 g/mol. The average Bonchev–Trinajstić information content (AvgIpc) is 2.60. The second-order valence-electron chi connectivity index (χ2n) is 7.49. The molecule has 0 saturated carbocycles. The Bertz CT molecular complexity index is 814. The van der Waals surface area contributed by atoms with Gasteiger partial charge in [0.2, 0.25) is 0 Å². The minimum absolute atomic E-state index is 0.179. The molecule has 5 heteroatoms. The van der Waals surface area contributed by atoms with Crippen molar-refractivity contribution < 1.29 is 0 Å². The molecule has 0 aliphatic carbocycles. The lowest BCUT2D eigenvalue weighted by molar-refractivity contribution is 0.395. The molecule has 0 bridgehead atoms. The third-order valence-corrected chi connectivity index (χ3v) is 5.26. The number of rotatable bonds is 3. The van der Waals surface area contributed by atoms with Crippen molar-refractivity contribution in [2.45, 2.75) is 38.6 Å². The lowest BCUT2D eigenvalue weighted by Crippen LogP contribution is -2.45. The number of hydrogen-bond acceptors (Lipinski definition) is 3. The van der Waals surface area contributed by atoms with Crippen LogP contribution in [0.2, 0.25) is 0 Å². The Kier molecular flexibility index (Phi) is 5.28. The lowest BCUT2D eigenvalue weighted by atomic mass is 9.80. The normalized spacial score (nSPS) is 18.5. The lowest BCUT2D eigenvalue weighted by Gasteiger charge is -2.45. The van der Waals surface area contributed by atoms with Gasteiger partial charge in [0.05, 0.1) is 6.21 Å². The van der Waals surface area contributed by atoms with Crippen LogP contribution in [0.15, 0.2) is 53.6 Å². The Morgan fingerprint density at radius 3 is 2.69 bits per heavy atom. The van der Waals surface area contributed by atoms with Gasteiger partial charge in [-0.3, -0.25) is 5.43 Å². The van der Waals surface area contributed by atoms with Crippen molar-refractivity contribution in [1.82, 2.24) is 5.43 Å². The van der Waals surface area contributed by atoms with E-state index in [2.05, 4.69) is 66.8 Å². The minimum Gasteiger partial charge on any atom is -0.369 e. The van der Waals surface area contributed by atoms with Crippen LogP contribution in [0.4, 0.5) is 11.4 Å². The van der Waals surface area contributed by atoms with Crippen LogP contribution in [0.1, 0.15) is 44.2 Å². The van der Waals surface area contributed by atoms with E-state index in [1.165, 1.54) is 11.3 Å². The zero-order valence-electron chi connectivity index (χ0n) is 15.8. The van der Waals surface area contributed by atoms with Gasteiger partial charge < -0.3 is 10.2 Å². The highest BCUT2D eigenvalue weighted by atomic mass is 32.1. The van der Waals surface area contributed by atoms with Crippen LogP contribution < -0.4 is 15.6 Å². The molecule has 26 heavy (non-hydrogen) atoms. The molecule has 1 aliphatic heterocycles. The molecule has 2 aromatic carbocycles. The van der Waals surface area contributed by atoms with Gasteiger partial charge in [-0.05, 0) is 73.8 Å². The summed E-state index contributed by atoms with van der Waals surface area (Å²) in [5.74, 6) is 0.526. The van der Waals surface area contributed by atoms with E-state index in [-0.39, 0.29) is 5.54 Å². The number of hydrogen-bond donors (Lipinski definition) is 2. The largest absolute Gasteiger partial charge is 0.369 e. The van der Waals surface area contributed by atoms with Crippen molar-refractivity contribution in [2.24, 2.45) is 5.10 Å².